The van der Waals surface area contributed by atoms with Crippen LogP contribution in [0.1, 0.15) is 139 Å². The van der Waals surface area contributed by atoms with Gasteiger partial charge in [0.25, 0.3) is 6.47 Å². The molecule has 18 heteroatoms. The Kier molecular flexibility index (Phi) is 33.1. The first-order valence-electron chi connectivity index (χ1n) is 28.4. The molecule has 79 heavy (non-hydrogen) atoms. The molecule has 0 saturated carbocycles. The van der Waals surface area contributed by atoms with Gasteiger partial charge in [-0.2, -0.15) is 0 Å². The summed E-state index contributed by atoms with van der Waals surface area (Å²) < 4.78 is 32.9. The summed E-state index contributed by atoms with van der Waals surface area (Å²) in [5.41, 5.74) is 21.4. The van der Waals surface area contributed by atoms with Crippen LogP contribution in [0.5, 0.6) is 5.75 Å². The zero-order chi connectivity index (χ0) is 59.9. The molecule has 2 aliphatic rings. The number of hydrogen-bond acceptors (Lipinski definition) is 14. The van der Waals surface area contributed by atoms with Crippen LogP contribution in [-0.2, 0) is 41.6 Å². The lowest BCUT2D eigenvalue weighted by atomic mass is 9.84. The van der Waals surface area contributed by atoms with Gasteiger partial charge in [-0.1, -0.05) is 94.1 Å². The van der Waals surface area contributed by atoms with Gasteiger partial charge in [0.15, 0.2) is 12.0 Å². The fraction of sp³-hybridized carbons (Fsp3) is 0.656. The number of nitrogens with two attached hydrogens (primary N) is 2. The number of aldehydes is 1. The molecule has 1 atom stereocenters. The minimum atomic E-state index is -1.66. The van der Waals surface area contributed by atoms with Gasteiger partial charge in [0.05, 0.1) is 54.7 Å². The van der Waals surface area contributed by atoms with Gasteiger partial charge in [-0.3, -0.25) is 39.4 Å². The fourth-order valence-electron chi connectivity index (χ4n) is 9.01. The third kappa shape index (κ3) is 24.0. The number of amides is 2. The highest BCUT2D eigenvalue weighted by atomic mass is 19.1. The molecule has 2 aromatic heterocycles. The number of halogens is 1. The summed E-state index contributed by atoms with van der Waals surface area (Å²) in [6, 6.07) is 8.75. The smallest absolute Gasteiger partial charge is 0.293 e. The number of aromatic nitrogens is 2. The van der Waals surface area contributed by atoms with E-state index in [1.165, 1.54) is 41.4 Å². The number of pyridine rings is 1. The topological polar surface area (TPSA) is 203 Å². The Hall–Kier alpha value is -5.58. The lowest BCUT2D eigenvalue weighted by molar-refractivity contribution is -0.131. The van der Waals surface area contributed by atoms with E-state index in [1.54, 1.807) is 6.20 Å². The van der Waals surface area contributed by atoms with Gasteiger partial charge in [0, 0.05) is 86.2 Å². The molecule has 1 unspecified atom stereocenters. The van der Waals surface area contributed by atoms with Crippen molar-refractivity contribution in [3.05, 3.63) is 54.0 Å². The maximum Gasteiger partial charge on any atom is 0.293 e. The molecule has 2 aliphatic heterocycles. The number of likely N-dealkylation sites (tertiary alicyclic amines) is 1. The number of hydrazine groups is 1. The number of carbonyl (C=O) groups is 4. The van der Waals surface area contributed by atoms with Crippen molar-refractivity contribution in [2.24, 2.45) is 22.8 Å². The standard InChI is InChI=1S/C30H42N4O4.C15H23FN2O.2C7H16N2O.C2H6/c1-6-34-27-8-7-22(33-10-13-36-14-11-33)15-24(27)26(17-30(4,5)19-37-20-35)29(34)25-16-23(38-12-9-31)18-32-28(25)21(2)3;1-13(6-7-14(2,3)17(4)5)18-10-8-15(16,12-19)9-11-18;1-5(2)6(7(8)10)9(3)4;1-2-3-4-5-6-8-9-7-10;1-2/h7-8,15-16,18,20-21H,6,9-14,17,19,31H2,1-5H3;12H,1,8-11H2,2-5H3;5-6H,1-4H3,(H2,8,10);7-8H,2-6H2,1H3,(H,9,10);1-2H3. The van der Waals surface area contributed by atoms with Gasteiger partial charge in [0.2, 0.25) is 12.3 Å². The summed E-state index contributed by atoms with van der Waals surface area (Å²) in [7, 11) is 7.66. The van der Waals surface area contributed by atoms with E-state index < -0.39 is 5.67 Å². The van der Waals surface area contributed by atoms with Crippen LogP contribution in [0, 0.1) is 23.2 Å². The zero-order valence-electron chi connectivity index (χ0n) is 51.4. The number of allylic oxidation sites excluding steroid dienone is 1. The van der Waals surface area contributed by atoms with Gasteiger partial charge in [-0.15, -0.1) is 0 Å². The van der Waals surface area contributed by atoms with Gasteiger partial charge >= 0.3 is 0 Å². The van der Waals surface area contributed by atoms with Crippen molar-refractivity contribution in [1.29, 1.82) is 0 Å². The van der Waals surface area contributed by atoms with Crippen molar-refractivity contribution < 1.29 is 37.8 Å². The van der Waals surface area contributed by atoms with Crippen molar-refractivity contribution in [2.45, 2.75) is 158 Å². The molecule has 2 fully saturated rings. The predicted molar refractivity (Wildman–Crippen MR) is 322 cm³/mol. The first kappa shape index (κ1) is 71.4. The Morgan fingerprint density at radius 3 is 2.13 bits per heavy atom. The highest BCUT2D eigenvalue weighted by Crippen LogP contribution is 2.42. The number of carbonyl (C=O) groups excluding carboxylic acids is 4. The number of fused-ring (bicyclic) bond motifs is 1. The maximum atomic E-state index is 13.8. The van der Waals surface area contributed by atoms with Crippen molar-refractivity contribution in [1.82, 2.24) is 35.1 Å². The fourth-order valence-corrected chi connectivity index (χ4v) is 9.01. The average molecular weight is 1110 g/mol. The number of hydrogen-bond donors (Lipinski definition) is 4. The lowest BCUT2D eigenvalue weighted by Gasteiger charge is -2.34. The SMILES string of the molecule is C=C(C#CC(C)(C)N(C)C)N1CCC(F)(C=O)CC1.CC.CC(C)C(C(N)=O)N(C)C.CCCCCCNNC=O.CCn1c(-c2cc(OCCN)cnc2C(C)C)c(CC(C)(C)COC=O)c2cc(N3CCOCC3)ccc21. The third-order valence-corrected chi connectivity index (χ3v) is 13.7. The van der Waals surface area contributed by atoms with Crippen LogP contribution in [0.4, 0.5) is 10.1 Å². The number of unbranched alkanes of at least 4 members (excludes halogenated alkanes) is 3. The summed E-state index contributed by atoms with van der Waals surface area (Å²) in [5.74, 6) is 7.18. The van der Waals surface area contributed by atoms with Crippen LogP contribution in [0.25, 0.3) is 22.2 Å². The van der Waals surface area contributed by atoms with Crippen LogP contribution in [-0.4, -0.2) is 160 Å². The number of ether oxygens (including phenoxy) is 3. The number of nitrogens with one attached hydrogen (secondary N) is 2. The number of alkyl halides is 1. The van der Waals surface area contributed by atoms with E-state index >= 15 is 0 Å². The Balaban J connectivity index is 0.000000628. The van der Waals surface area contributed by atoms with E-state index in [9.17, 15) is 23.6 Å². The number of aryl methyl sites for hydroxylation is 1. The van der Waals surface area contributed by atoms with Crippen LogP contribution < -0.4 is 32.0 Å². The van der Waals surface area contributed by atoms with Crippen molar-refractivity contribution in [3.63, 3.8) is 0 Å². The second-order valence-electron chi connectivity index (χ2n) is 22.1. The van der Waals surface area contributed by atoms with E-state index in [0.29, 0.717) is 63.5 Å². The van der Waals surface area contributed by atoms with Crippen LogP contribution in [0.2, 0.25) is 0 Å². The quantitative estimate of drug-likeness (QED) is 0.0272. The molecule has 446 valence electrons. The minimum Gasteiger partial charge on any atom is -0.491 e. The molecule has 1 aromatic carbocycles. The Labute approximate surface area is 475 Å². The normalized spacial score (nSPS) is 14.5. The third-order valence-electron chi connectivity index (χ3n) is 13.7. The number of primary amides is 1. The zero-order valence-corrected chi connectivity index (χ0v) is 51.4. The Bertz CT molecular complexity index is 2340. The number of likely N-dealkylation sites (N-methyl/N-ethyl adjacent to an activating group) is 1. The van der Waals surface area contributed by atoms with Crippen molar-refractivity contribution in [3.8, 4) is 28.8 Å². The number of rotatable bonds is 25. The van der Waals surface area contributed by atoms with Gasteiger partial charge < -0.3 is 40.0 Å². The van der Waals surface area contributed by atoms with Crippen LogP contribution >= 0.6 is 0 Å². The molecule has 0 spiro atoms. The van der Waals surface area contributed by atoms with E-state index in [-0.39, 0.29) is 47.6 Å². The summed E-state index contributed by atoms with van der Waals surface area (Å²) in [6.45, 7) is 36.6. The molecule has 2 saturated heterocycles. The van der Waals surface area contributed by atoms with E-state index in [0.717, 1.165) is 69.2 Å². The lowest BCUT2D eigenvalue weighted by Crippen LogP contribution is -2.43. The average Bonchev–Trinajstić information content (AvgIpc) is 3.74. The van der Waals surface area contributed by atoms with E-state index in [2.05, 4.69) is 105 Å². The second kappa shape index (κ2) is 36.6. The summed E-state index contributed by atoms with van der Waals surface area (Å²) in [4.78, 5) is 55.2. The van der Waals surface area contributed by atoms with Gasteiger partial charge in [-0.05, 0) is 109 Å². The molecule has 3 aromatic rings. The molecule has 17 nitrogen and oxygen atoms in total. The molecule has 6 N–H and O–H groups in total. The molecular formula is C61H103FN10O7. The van der Waals surface area contributed by atoms with E-state index in [4.69, 9.17) is 30.7 Å². The van der Waals surface area contributed by atoms with Crippen LogP contribution in [0.15, 0.2) is 42.7 Å². The maximum absolute atomic E-state index is 13.8. The van der Waals surface area contributed by atoms with Gasteiger partial charge in [0.1, 0.15) is 12.4 Å². The largest absolute Gasteiger partial charge is 0.491 e. The number of anilines is 1. The first-order valence-corrected chi connectivity index (χ1v) is 28.4. The monoisotopic (exact) mass is 1110 g/mol. The molecular weight excluding hydrogens is 1000 g/mol. The molecule has 0 bridgehead atoms. The number of nitrogens with zero attached hydrogens (tertiary/aromatic N) is 6. The highest BCUT2D eigenvalue weighted by Gasteiger charge is 2.34. The Morgan fingerprint density at radius 1 is 0.987 bits per heavy atom. The van der Waals surface area contributed by atoms with Crippen molar-refractivity contribution >= 4 is 41.7 Å². The molecule has 0 aliphatic carbocycles. The van der Waals surface area contributed by atoms with Crippen molar-refractivity contribution in [2.75, 3.05) is 98.8 Å². The van der Waals surface area contributed by atoms with E-state index in [1.807, 2.05) is 84.4 Å². The second-order valence-corrected chi connectivity index (χ2v) is 22.1. The highest BCUT2D eigenvalue weighted by molar-refractivity contribution is 5.95. The number of benzene rings is 1. The van der Waals surface area contributed by atoms with Gasteiger partial charge in [-0.25, -0.2) is 9.82 Å². The molecule has 2 amide bonds. The summed E-state index contributed by atoms with van der Waals surface area (Å²) in [6.07, 6.45) is 8.95. The molecule has 4 heterocycles. The summed E-state index contributed by atoms with van der Waals surface area (Å²) in [5, 5.41) is 1.22. The molecule has 0 radical (unpaired) electrons. The Morgan fingerprint density at radius 2 is 1.63 bits per heavy atom. The predicted octanol–water partition coefficient (Wildman–Crippen LogP) is 8.51. The molecule has 5 rings (SSSR count). The minimum absolute atomic E-state index is 0.139. The summed E-state index contributed by atoms with van der Waals surface area (Å²) >= 11 is 0. The number of piperidine rings is 1. The van der Waals surface area contributed by atoms with Crippen LogP contribution in [0.3, 0.4) is 0 Å². The number of morpholine rings is 1. The first-order chi connectivity index (χ1) is 37.4.